The Labute approximate surface area is 180 Å². The first-order chi connectivity index (χ1) is 15.1. The third-order valence-corrected chi connectivity index (χ3v) is 6.30. The fourth-order valence-electron chi connectivity index (χ4n) is 5.15. The molecule has 4 amide bonds. The van der Waals surface area contributed by atoms with Crippen molar-refractivity contribution in [3.05, 3.63) is 35.2 Å². The number of aryl methyl sites for hydroxylation is 1. The molecule has 2 saturated heterocycles. The lowest BCUT2D eigenvalue weighted by molar-refractivity contribution is -0.153. The molecule has 32 heavy (non-hydrogen) atoms. The van der Waals surface area contributed by atoms with Crippen LogP contribution in [0.5, 0.6) is 0 Å². The number of urea groups is 1. The number of nitrogens with one attached hydrogen (secondary N) is 2. The van der Waals surface area contributed by atoms with Gasteiger partial charge in [0.05, 0.1) is 35.8 Å². The fourth-order valence-corrected chi connectivity index (χ4v) is 5.15. The summed E-state index contributed by atoms with van der Waals surface area (Å²) in [6.45, 7) is 5.20. The summed E-state index contributed by atoms with van der Waals surface area (Å²) < 4.78 is 37.6. The van der Waals surface area contributed by atoms with Crippen LogP contribution in [-0.2, 0) is 20.7 Å². The first-order valence-corrected chi connectivity index (χ1v) is 10.1. The monoisotopic (exact) mass is 446 g/mol. The zero-order valence-corrected chi connectivity index (χ0v) is 17.5. The molecule has 0 bridgehead atoms. The number of fused-ring (bicyclic) bond motifs is 4. The molecule has 5 rings (SSSR count). The second-order valence-corrected chi connectivity index (χ2v) is 8.47. The zero-order valence-electron chi connectivity index (χ0n) is 17.5. The average Bonchev–Trinajstić information content (AvgIpc) is 3.14. The molecule has 168 valence electrons. The maximum absolute atomic E-state index is 15.5. The Morgan fingerprint density at radius 3 is 2.47 bits per heavy atom. The largest absolute Gasteiger partial charge is 0.372 e. The number of anilines is 1. The number of nitrogens with zero attached hydrogens (tertiary/aromatic N) is 4. The second kappa shape index (κ2) is 6.79. The van der Waals surface area contributed by atoms with Crippen LogP contribution in [0.25, 0.3) is 5.69 Å². The fraction of sp³-hybridized carbons (Fsp3) is 0.450. The summed E-state index contributed by atoms with van der Waals surface area (Å²) >= 11 is 0. The molecule has 1 spiro atoms. The molecule has 2 aromatic rings. The van der Waals surface area contributed by atoms with Gasteiger partial charge in [-0.15, -0.1) is 5.10 Å². The number of ether oxygens (including phenoxy) is 1. The van der Waals surface area contributed by atoms with Crippen molar-refractivity contribution in [3.63, 3.8) is 0 Å². The van der Waals surface area contributed by atoms with E-state index in [0.717, 1.165) is 4.68 Å². The molecule has 3 aliphatic rings. The van der Waals surface area contributed by atoms with E-state index in [-0.39, 0.29) is 36.0 Å². The summed E-state index contributed by atoms with van der Waals surface area (Å²) in [5.41, 5.74) is -1.26. The van der Waals surface area contributed by atoms with Gasteiger partial charge < -0.3 is 9.64 Å². The van der Waals surface area contributed by atoms with Gasteiger partial charge in [-0.05, 0) is 32.4 Å². The number of halogens is 2. The van der Waals surface area contributed by atoms with Crippen LogP contribution < -0.4 is 15.5 Å². The van der Waals surface area contributed by atoms with Crippen molar-refractivity contribution in [2.24, 2.45) is 5.41 Å². The van der Waals surface area contributed by atoms with Crippen LogP contribution in [-0.4, -0.2) is 57.6 Å². The summed E-state index contributed by atoms with van der Waals surface area (Å²) in [7, 11) is 0. The molecule has 1 aromatic heterocycles. The number of hydrogen-bond acceptors (Lipinski definition) is 7. The van der Waals surface area contributed by atoms with Crippen molar-refractivity contribution in [2.45, 2.75) is 45.4 Å². The molecular weight excluding hydrogens is 426 g/mol. The van der Waals surface area contributed by atoms with Crippen LogP contribution in [0, 0.1) is 24.0 Å². The first kappa shape index (κ1) is 20.5. The van der Waals surface area contributed by atoms with E-state index in [1.54, 1.807) is 20.8 Å². The number of carbonyl (C=O) groups excluding carboxylic acids is 3. The van der Waals surface area contributed by atoms with Crippen molar-refractivity contribution in [3.8, 4) is 5.69 Å². The molecule has 0 radical (unpaired) electrons. The number of rotatable bonds is 1. The number of imide groups is 2. The molecule has 3 aliphatic heterocycles. The van der Waals surface area contributed by atoms with E-state index in [1.165, 1.54) is 17.2 Å². The molecule has 10 nitrogen and oxygen atoms in total. The summed E-state index contributed by atoms with van der Waals surface area (Å²) in [4.78, 5) is 39.5. The van der Waals surface area contributed by atoms with Gasteiger partial charge in [0.25, 0.3) is 0 Å². The minimum atomic E-state index is -1.78. The van der Waals surface area contributed by atoms with Crippen LogP contribution in [0.2, 0.25) is 0 Å². The lowest BCUT2D eigenvalue weighted by atomic mass is 9.66. The SMILES string of the molecule is Cc1cn(-c2cc3c(c(F)c2F)N2C[C@@H](C)O[C@@H](C)[C@@H]2C2(C3)C(=O)NC(=O)NC2=O)nn1. The Hall–Kier alpha value is -3.41. The Morgan fingerprint density at radius 2 is 1.84 bits per heavy atom. The van der Waals surface area contributed by atoms with E-state index in [9.17, 15) is 14.4 Å². The van der Waals surface area contributed by atoms with Crippen molar-refractivity contribution in [1.82, 2.24) is 25.6 Å². The van der Waals surface area contributed by atoms with Crippen LogP contribution >= 0.6 is 0 Å². The summed E-state index contributed by atoms with van der Waals surface area (Å²) in [6, 6.07) is -0.515. The molecule has 0 unspecified atom stereocenters. The maximum atomic E-state index is 15.5. The van der Waals surface area contributed by atoms with Crippen LogP contribution in [0.15, 0.2) is 12.3 Å². The quantitative estimate of drug-likeness (QED) is 0.621. The lowest BCUT2D eigenvalue weighted by Crippen LogP contribution is -2.75. The lowest BCUT2D eigenvalue weighted by Gasteiger charge is -2.55. The smallest absolute Gasteiger partial charge is 0.328 e. The number of aromatic nitrogens is 3. The highest BCUT2D eigenvalue weighted by Gasteiger charge is 2.63. The van der Waals surface area contributed by atoms with Gasteiger partial charge in [-0.1, -0.05) is 5.21 Å². The van der Waals surface area contributed by atoms with Gasteiger partial charge in [0.15, 0.2) is 17.0 Å². The molecule has 3 atom stereocenters. The van der Waals surface area contributed by atoms with Crippen LogP contribution in [0.1, 0.15) is 25.1 Å². The Kier molecular flexibility index (Phi) is 4.35. The number of hydrogen-bond donors (Lipinski definition) is 2. The standard InChI is InChI=1S/C20H20F2N6O4/c1-8-6-28(26-25-8)12-4-11-5-20(17(29)23-19(31)24-18(20)30)16-10(3)32-9(2)7-27(16)15(11)14(22)13(12)21/h4,6,9-10,16H,5,7H2,1-3H3,(H2,23,24,29,30,31)/t9-,10+,16-/m1/s1. The molecule has 0 aliphatic carbocycles. The Morgan fingerprint density at radius 1 is 1.16 bits per heavy atom. The predicted octanol–water partition coefficient (Wildman–Crippen LogP) is 0.745. The van der Waals surface area contributed by atoms with E-state index >= 15 is 8.78 Å². The van der Waals surface area contributed by atoms with Gasteiger partial charge in [-0.3, -0.25) is 20.2 Å². The minimum Gasteiger partial charge on any atom is -0.372 e. The minimum absolute atomic E-state index is 0.0294. The Balaban J connectivity index is 1.75. The maximum Gasteiger partial charge on any atom is 0.328 e. The zero-order chi connectivity index (χ0) is 22.9. The summed E-state index contributed by atoms with van der Waals surface area (Å²) in [5, 5.41) is 11.9. The van der Waals surface area contributed by atoms with Crippen LogP contribution in [0.4, 0.5) is 19.3 Å². The highest BCUT2D eigenvalue weighted by molar-refractivity contribution is 6.20. The van der Waals surface area contributed by atoms with Gasteiger partial charge in [-0.25, -0.2) is 18.3 Å². The number of amides is 4. The molecule has 2 fully saturated rings. The van der Waals surface area contributed by atoms with Crippen molar-refractivity contribution in [2.75, 3.05) is 11.4 Å². The Bertz CT molecular complexity index is 1160. The van der Waals surface area contributed by atoms with Crippen molar-refractivity contribution in [1.29, 1.82) is 0 Å². The predicted molar refractivity (Wildman–Crippen MR) is 105 cm³/mol. The third kappa shape index (κ3) is 2.68. The van der Waals surface area contributed by atoms with Gasteiger partial charge in [0, 0.05) is 13.0 Å². The highest BCUT2D eigenvalue weighted by atomic mass is 19.2. The van der Waals surface area contributed by atoms with E-state index in [2.05, 4.69) is 20.9 Å². The molecule has 4 heterocycles. The molecule has 0 saturated carbocycles. The first-order valence-electron chi connectivity index (χ1n) is 10.1. The average molecular weight is 446 g/mol. The van der Waals surface area contributed by atoms with Crippen LogP contribution in [0.3, 0.4) is 0 Å². The van der Waals surface area contributed by atoms with E-state index in [4.69, 9.17) is 4.74 Å². The van der Waals surface area contributed by atoms with Gasteiger partial charge in [0.1, 0.15) is 5.69 Å². The van der Waals surface area contributed by atoms with E-state index < -0.39 is 47.0 Å². The summed E-state index contributed by atoms with van der Waals surface area (Å²) in [5.74, 6) is -3.85. The number of morpholine rings is 1. The molecular formula is C20H20F2N6O4. The molecule has 2 N–H and O–H groups in total. The van der Waals surface area contributed by atoms with Crippen molar-refractivity contribution >= 4 is 23.5 Å². The number of carbonyl (C=O) groups is 3. The normalized spacial score (nSPS) is 26.5. The third-order valence-electron chi connectivity index (χ3n) is 6.30. The topological polar surface area (TPSA) is 118 Å². The summed E-state index contributed by atoms with van der Waals surface area (Å²) in [6.07, 6.45) is 0.120. The highest BCUT2D eigenvalue weighted by Crippen LogP contribution is 2.48. The number of benzene rings is 1. The number of barbiturate groups is 1. The van der Waals surface area contributed by atoms with E-state index in [0.29, 0.717) is 5.69 Å². The second-order valence-electron chi connectivity index (χ2n) is 8.47. The van der Waals surface area contributed by atoms with Gasteiger partial charge in [0.2, 0.25) is 11.8 Å². The molecule has 1 aromatic carbocycles. The molecule has 12 heteroatoms. The van der Waals surface area contributed by atoms with Crippen molar-refractivity contribution < 1.29 is 27.9 Å². The van der Waals surface area contributed by atoms with Gasteiger partial charge >= 0.3 is 6.03 Å². The van der Waals surface area contributed by atoms with E-state index in [1.807, 2.05) is 0 Å². The van der Waals surface area contributed by atoms with Gasteiger partial charge in [-0.2, -0.15) is 0 Å².